The second kappa shape index (κ2) is 7.48. The Morgan fingerprint density at radius 2 is 1.86 bits per heavy atom. The van der Waals surface area contributed by atoms with Crippen LogP contribution in [0.2, 0.25) is 0 Å². The van der Waals surface area contributed by atoms with E-state index < -0.39 is 12.2 Å². The summed E-state index contributed by atoms with van der Waals surface area (Å²) < 4.78 is 5.74. The van der Waals surface area contributed by atoms with Crippen molar-refractivity contribution >= 4 is 40.2 Å². The summed E-state index contributed by atoms with van der Waals surface area (Å²) in [5, 5.41) is 11.3. The molecule has 0 spiro atoms. The number of likely N-dealkylation sites (N-methyl/N-ethyl adjacent to an activating group) is 1. The molecule has 0 radical (unpaired) electrons. The van der Waals surface area contributed by atoms with Gasteiger partial charge in [-0.2, -0.15) is 0 Å². The number of carboxylic acid groups (broad SMARTS) is 1. The topological polar surface area (TPSA) is 73.3 Å². The number of fused-ring (bicyclic) bond motifs is 3. The molecule has 7 nitrogen and oxygen atoms in total. The molecule has 4 rings (SSSR count). The van der Waals surface area contributed by atoms with Gasteiger partial charge in [-0.3, -0.25) is 4.90 Å². The van der Waals surface area contributed by atoms with Crippen molar-refractivity contribution < 1.29 is 19.4 Å². The highest BCUT2D eigenvalue weighted by atomic mass is 35.5. The second-order valence-corrected chi connectivity index (χ2v) is 7.56. The number of anilines is 1. The number of rotatable bonds is 2. The van der Waals surface area contributed by atoms with Crippen LogP contribution in [0.5, 0.6) is 5.75 Å². The molecule has 0 aromatic heterocycles. The number of benzene rings is 2. The van der Waals surface area contributed by atoms with Gasteiger partial charge in [-0.25, -0.2) is 9.59 Å². The third kappa shape index (κ3) is 3.25. The average molecular weight is 404 g/mol. The minimum atomic E-state index is -1.04. The van der Waals surface area contributed by atoms with Crippen LogP contribution in [0.15, 0.2) is 30.3 Å². The predicted octanol–water partition coefficient (Wildman–Crippen LogP) is 3.41. The highest BCUT2D eigenvalue weighted by molar-refractivity contribution is 6.19. The van der Waals surface area contributed by atoms with Crippen molar-refractivity contribution in [2.45, 2.75) is 5.92 Å². The highest BCUT2D eigenvalue weighted by Gasteiger charge is 2.35. The molecule has 1 atom stereocenters. The zero-order valence-corrected chi connectivity index (χ0v) is 16.4. The van der Waals surface area contributed by atoms with Gasteiger partial charge in [-0.15, -0.1) is 11.6 Å². The zero-order valence-electron chi connectivity index (χ0n) is 15.6. The van der Waals surface area contributed by atoms with Crippen LogP contribution >= 0.6 is 11.6 Å². The van der Waals surface area contributed by atoms with Gasteiger partial charge in [0.15, 0.2) is 0 Å². The van der Waals surface area contributed by atoms with Crippen LogP contribution in [0.25, 0.3) is 10.8 Å². The summed E-state index contributed by atoms with van der Waals surface area (Å²) in [6, 6.07) is 9.24. The first-order chi connectivity index (χ1) is 13.5. The molecule has 1 saturated heterocycles. The number of hydrogen-bond acceptors (Lipinski definition) is 4. The predicted molar refractivity (Wildman–Crippen MR) is 108 cm³/mol. The maximum absolute atomic E-state index is 12.7. The standard InChI is InChI=1S/C20H22ClN3O4/c1-22-6-8-23(9-7-22)20(27)28-17-10-16-18(15-5-3-2-4-14(15)17)13(11-21)12-24(16)19(25)26/h2-5,10,13H,6-9,11-12H2,1H3,(H,25,26)/t13-/m1/s1. The van der Waals surface area contributed by atoms with Crippen LogP contribution < -0.4 is 9.64 Å². The zero-order chi connectivity index (χ0) is 19.8. The molecule has 1 fully saturated rings. The van der Waals surface area contributed by atoms with E-state index in [0.717, 1.165) is 29.4 Å². The second-order valence-electron chi connectivity index (χ2n) is 7.26. The van der Waals surface area contributed by atoms with Gasteiger partial charge in [0.25, 0.3) is 0 Å². The van der Waals surface area contributed by atoms with Crippen LogP contribution in [0, 0.1) is 0 Å². The molecular formula is C20H22ClN3O4. The molecule has 0 unspecified atom stereocenters. The number of halogens is 1. The van der Waals surface area contributed by atoms with Crippen molar-refractivity contribution in [3.8, 4) is 5.75 Å². The fraction of sp³-hybridized carbons (Fsp3) is 0.400. The number of piperazine rings is 1. The van der Waals surface area contributed by atoms with E-state index in [1.807, 2.05) is 31.3 Å². The van der Waals surface area contributed by atoms with Gasteiger partial charge < -0.3 is 19.6 Å². The molecule has 2 aliphatic heterocycles. The monoisotopic (exact) mass is 403 g/mol. The fourth-order valence-corrected chi connectivity index (χ4v) is 4.20. The summed E-state index contributed by atoms with van der Waals surface area (Å²) in [7, 11) is 2.02. The van der Waals surface area contributed by atoms with Crippen LogP contribution in [0.4, 0.5) is 15.3 Å². The molecule has 2 amide bonds. The molecule has 2 aromatic carbocycles. The van der Waals surface area contributed by atoms with Crippen molar-refractivity contribution in [2.75, 3.05) is 50.6 Å². The lowest BCUT2D eigenvalue weighted by Crippen LogP contribution is -2.48. The van der Waals surface area contributed by atoms with Crippen LogP contribution in [0.3, 0.4) is 0 Å². The van der Waals surface area contributed by atoms with E-state index in [0.29, 0.717) is 37.0 Å². The summed E-state index contributed by atoms with van der Waals surface area (Å²) in [5.41, 5.74) is 1.44. The molecule has 2 aromatic rings. The Morgan fingerprint density at radius 3 is 2.50 bits per heavy atom. The molecule has 1 N–H and O–H groups in total. The quantitative estimate of drug-likeness (QED) is 0.778. The minimum Gasteiger partial charge on any atom is -0.465 e. The van der Waals surface area contributed by atoms with Crippen LogP contribution in [0.1, 0.15) is 11.5 Å². The molecule has 148 valence electrons. The molecule has 0 bridgehead atoms. The van der Waals surface area contributed by atoms with Gasteiger partial charge in [0, 0.05) is 56.0 Å². The Morgan fingerprint density at radius 1 is 1.18 bits per heavy atom. The van der Waals surface area contributed by atoms with Crippen molar-refractivity contribution in [1.29, 1.82) is 0 Å². The number of ether oxygens (including phenoxy) is 1. The van der Waals surface area contributed by atoms with E-state index in [2.05, 4.69) is 4.90 Å². The van der Waals surface area contributed by atoms with Gasteiger partial charge in [0.05, 0.1) is 5.69 Å². The molecule has 2 aliphatic rings. The van der Waals surface area contributed by atoms with E-state index in [-0.39, 0.29) is 5.92 Å². The molecular weight excluding hydrogens is 382 g/mol. The molecule has 0 aliphatic carbocycles. The van der Waals surface area contributed by atoms with Gasteiger partial charge in [-0.1, -0.05) is 24.3 Å². The number of hydrogen-bond donors (Lipinski definition) is 1. The van der Waals surface area contributed by atoms with E-state index in [1.54, 1.807) is 11.0 Å². The summed E-state index contributed by atoms with van der Waals surface area (Å²) in [6.45, 7) is 3.10. The van der Waals surface area contributed by atoms with Crippen molar-refractivity contribution in [3.63, 3.8) is 0 Å². The largest absolute Gasteiger partial charge is 0.465 e. The van der Waals surface area contributed by atoms with Crippen molar-refractivity contribution in [2.24, 2.45) is 0 Å². The SMILES string of the molecule is CN1CCN(C(=O)Oc2cc3c(c4ccccc24)[C@H](CCl)CN3C(=O)O)CC1. The van der Waals surface area contributed by atoms with Gasteiger partial charge in [-0.05, 0) is 18.0 Å². The molecule has 2 heterocycles. The lowest BCUT2D eigenvalue weighted by atomic mass is 9.95. The van der Waals surface area contributed by atoms with Crippen LogP contribution in [-0.2, 0) is 0 Å². The molecule has 28 heavy (non-hydrogen) atoms. The molecule has 8 heteroatoms. The number of carbonyl (C=O) groups is 2. The Hall–Kier alpha value is -2.51. The van der Waals surface area contributed by atoms with Gasteiger partial charge >= 0.3 is 12.2 Å². The fourth-order valence-electron chi connectivity index (χ4n) is 3.95. The number of alkyl halides is 1. The van der Waals surface area contributed by atoms with E-state index >= 15 is 0 Å². The van der Waals surface area contributed by atoms with Gasteiger partial charge in [0.1, 0.15) is 5.75 Å². The first-order valence-electron chi connectivity index (χ1n) is 9.27. The number of amides is 2. The van der Waals surface area contributed by atoms with Crippen LogP contribution in [-0.4, -0.2) is 72.7 Å². The van der Waals surface area contributed by atoms with Crippen molar-refractivity contribution in [3.05, 3.63) is 35.9 Å². The summed E-state index contributed by atoms with van der Waals surface area (Å²) in [5.74, 6) is 0.598. The Balaban J connectivity index is 1.74. The minimum absolute atomic E-state index is 0.0972. The third-order valence-corrected chi connectivity index (χ3v) is 5.88. The van der Waals surface area contributed by atoms with E-state index in [9.17, 15) is 14.7 Å². The lowest BCUT2D eigenvalue weighted by molar-refractivity contribution is 0.121. The Labute approximate surface area is 168 Å². The maximum atomic E-state index is 12.7. The number of carbonyl (C=O) groups excluding carboxylic acids is 1. The van der Waals surface area contributed by atoms with Crippen molar-refractivity contribution in [1.82, 2.24) is 9.80 Å². The summed E-state index contributed by atoms with van der Waals surface area (Å²) in [4.78, 5) is 29.5. The highest BCUT2D eigenvalue weighted by Crippen LogP contribution is 2.45. The van der Waals surface area contributed by atoms with E-state index in [4.69, 9.17) is 16.3 Å². The summed E-state index contributed by atoms with van der Waals surface area (Å²) >= 11 is 6.13. The lowest BCUT2D eigenvalue weighted by Gasteiger charge is -2.31. The maximum Gasteiger partial charge on any atom is 0.415 e. The van der Waals surface area contributed by atoms with E-state index in [1.165, 1.54) is 4.90 Å². The Kier molecular flexibility index (Phi) is 5.03. The normalized spacial score (nSPS) is 19.7. The smallest absolute Gasteiger partial charge is 0.415 e. The third-order valence-electron chi connectivity index (χ3n) is 5.50. The van der Waals surface area contributed by atoms with Gasteiger partial charge in [0.2, 0.25) is 0 Å². The number of nitrogens with zero attached hydrogens (tertiary/aromatic N) is 3. The Bertz CT molecular complexity index is 927. The molecule has 0 saturated carbocycles. The summed E-state index contributed by atoms with van der Waals surface area (Å²) in [6.07, 6.45) is -1.45. The first kappa shape index (κ1) is 18.8. The first-order valence-corrected chi connectivity index (χ1v) is 9.80. The average Bonchev–Trinajstić information content (AvgIpc) is 3.07.